The Labute approximate surface area is 109 Å². The van der Waals surface area contributed by atoms with Crippen LogP contribution in [0.4, 0.5) is 4.39 Å². The molecule has 1 heterocycles. The highest BCUT2D eigenvalue weighted by molar-refractivity contribution is 5.29. The van der Waals surface area contributed by atoms with Gasteiger partial charge < -0.3 is 10.1 Å². The van der Waals surface area contributed by atoms with Crippen LogP contribution < -0.4 is 10.1 Å². The van der Waals surface area contributed by atoms with Crippen LogP contribution in [0.2, 0.25) is 0 Å². The van der Waals surface area contributed by atoms with Gasteiger partial charge in [-0.15, -0.1) is 0 Å². The molecule has 0 aliphatic carbocycles. The first-order valence-corrected chi connectivity index (χ1v) is 6.85. The molecule has 1 N–H and O–H groups in total. The van der Waals surface area contributed by atoms with Gasteiger partial charge in [-0.05, 0) is 49.9 Å². The third-order valence-electron chi connectivity index (χ3n) is 3.66. The molecule has 2 rings (SSSR count). The molecule has 0 bridgehead atoms. The van der Waals surface area contributed by atoms with Gasteiger partial charge in [0.2, 0.25) is 0 Å². The van der Waals surface area contributed by atoms with E-state index in [9.17, 15) is 4.39 Å². The summed E-state index contributed by atoms with van der Waals surface area (Å²) >= 11 is 0. The van der Waals surface area contributed by atoms with Gasteiger partial charge in [0.15, 0.2) is 11.6 Å². The van der Waals surface area contributed by atoms with Crippen LogP contribution in [0.15, 0.2) is 18.2 Å². The average molecular weight is 251 g/mol. The van der Waals surface area contributed by atoms with Crippen LogP contribution in [-0.2, 0) is 6.42 Å². The molecule has 1 unspecified atom stereocenters. The minimum atomic E-state index is -0.260. The van der Waals surface area contributed by atoms with E-state index in [1.54, 1.807) is 12.1 Å². The van der Waals surface area contributed by atoms with Crippen molar-refractivity contribution in [2.24, 2.45) is 0 Å². The van der Waals surface area contributed by atoms with Crippen molar-refractivity contribution in [1.82, 2.24) is 5.32 Å². The lowest BCUT2D eigenvalue weighted by atomic mass is 10.0. The first kappa shape index (κ1) is 13.3. The van der Waals surface area contributed by atoms with Crippen LogP contribution in [-0.4, -0.2) is 19.7 Å². The predicted molar refractivity (Wildman–Crippen MR) is 71.5 cm³/mol. The summed E-state index contributed by atoms with van der Waals surface area (Å²) in [6.07, 6.45) is 7.20. The van der Waals surface area contributed by atoms with Gasteiger partial charge in [-0.2, -0.15) is 0 Å². The molecule has 1 atom stereocenters. The summed E-state index contributed by atoms with van der Waals surface area (Å²) in [7, 11) is 1.49. The van der Waals surface area contributed by atoms with E-state index in [2.05, 4.69) is 5.32 Å². The number of benzene rings is 1. The average Bonchev–Trinajstić information content (AvgIpc) is 2.65. The van der Waals surface area contributed by atoms with Crippen molar-refractivity contribution in [3.05, 3.63) is 29.6 Å². The number of hydrogen-bond acceptors (Lipinski definition) is 2. The van der Waals surface area contributed by atoms with Gasteiger partial charge in [0, 0.05) is 6.04 Å². The quantitative estimate of drug-likeness (QED) is 0.886. The van der Waals surface area contributed by atoms with Gasteiger partial charge in [0.1, 0.15) is 0 Å². The number of aryl methyl sites for hydroxylation is 1. The second kappa shape index (κ2) is 6.74. The Kier molecular flexibility index (Phi) is 5.00. The van der Waals surface area contributed by atoms with E-state index in [0.717, 1.165) is 24.9 Å². The minimum absolute atomic E-state index is 0.260. The number of ether oxygens (including phenoxy) is 1. The molecule has 18 heavy (non-hydrogen) atoms. The zero-order chi connectivity index (χ0) is 12.8. The van der Waals surface area contributed by atoms with Crippen LogP contribution >= 0.6 is 0 Å². The summed E-state index contributed by atoms with van der Waals surface area (Å²) < 4.78 is 18.5. The van der Waals surface area contributed by atoms with Crippen LogP contribution in [0.3, 0.4) is 0 Å². The molecule has 1 aromatic carbocycles. The van der Waals surface area contributed by atoms with Gasteiger partial charge in [0.05, 0.1) is 7.11 Å². The molecule has 3 heteroatoms. The molecule has 0 aromatic heterocycles. The lowest BCUT2D eigenvalue weighted by Gasteiger charge is -2.15. The lowest BCUT2D eigenvalue weighted by molar-refractivity contribution is 0.386. The second-order valence-electron chi connectivity index (χ2n) is 5.01. The van der Waals surface area contributed by atoms with E-state index in [4.69, 9.17) is 4.74 Å². The third kappa shape index (κ3) is 3.70. The fraction of sp³-hybridized carbons (Fsp3) is 0.600. The first-order chi connectivity index (χ1) is 8.79. The van der Waals surface area contributed by atoms with E-state index in [1.807, 2.05) is 6.07 Å². The predicted octanol–water partition coefficient (Wildman–Crippen LogP) is 3.30. The Hall–Kier alpha value is -1.09. The van der Waals surface area contributed by atoms with Gasteiger partial charge in [0.25, 0.3) is 0 Å². The lowest BCUT2D eigenvalue weighted by Crippen LogP contribution is -2.28. The second-order valence-corrected chi connectivity index (χ2v) is 5.01. The number of methoxy groups -OCH3 is 1. The van der Waals surface area contributed by atoms with E-state index in [0.29, 0.717) is 11.8 Å². The maximum absolute atomic E-state index is 13.5. The van der Waals surface area contributed by atoms with Crippen molar-refractivity contribution in [1.29, 1.82) is 0 Å². The topological polar surface area (TPSA) is 21.3 Å². The van der Waals surface area contributed by atoms with E-state index >= 15 is 0 Å². The molecular formula is C15H22FNO. The fourth-order valence-corrected chi connectivity index (χ4v) is 2.55. The van der Waals surface area contributed by atoms with E-state index in [-0.39, 0.29) is 5.82 Å². The maximum atomic E-state index is 13.5. The molecule has 2 nitrogen and oxygen atoms in total. The van der Waals surface area contributed by atoms with Crippen LogP contribution in [0.25, 0.3) is 0 Å². The van der Waals surface area contributed by atoms with Crippen LogP contribution in [0, 0.1) is 5.82 Å². The number of rotatable bonds is 4. The fourth-order valence-electron chi connectivity index (χ4n) is 2.55. The molecule has 1 aromatic rings. The Morgan fingerprint density at radius 1 is 1.33 bits per heavy atom. The largest absolute Gasteiger partial charge is 0.494 e. The van der Waals surface area contributed by atoms with Gasteiger partial charge >= 0.3 is 0 Å². The molecule has 0 spiro atoms. The SMILES string of the molecule is COc1ccc(CCC2CCCCCN2)cc1F. The highest BCUT2D eigenvalue weighted by Crippen LogP contribution is 2.20. The highest BCUT2D eigenvalue weighted by atomic mass is 19.1. The molecule has 1 saturated heterocycles. The maximum Gasteiger partial charge on any atom is 0.165 e. The Balaban J connectivity index is 1.87. The summed E-state index contributed by atoms with van der Waals surface area (Å²) in [5, 5.41) is 3.57. The third-order valence-corrected chi connectivity index (χ3v) is 3.66. The summed E-state index contributed by atoms with van der Waals surface area (Å²) in [6.45, 7) is 1.13. The molecule has 0 saturated carbocycles. The summed E-state index contributed by atoms with van der Waals surface area (Å²) in [5.41, 5.74) is 1.05. The highest BCUT2D eigenvalue weighted by Gasteiger charge is 2.11. The minimum Gasteiger partial charge on any atom is -0.494 e. The molecule has 1 aliphatic rings. The molecule has 1 fully saturated rings. The first-order valence-electron chi connectivity index (χ1n) is 6.85. The molecule has 1 aliphatic heterocycles. The van der Waals surface area contributed by atoms with E-state index in [1.165, 1.54) is 32.8 Å². The smallest absolute Gasteiger partial charge is 0.165 e. The van der Waals surface area contributed by atoms with Crippen molar-refractivity contribution < 1.29 is 9.13 Å². The number of hydrogen-bond donors (Lipinski definition) is 1. The summed E-state index contributed by atoms with van der Waals surface area (Å²) in [4.78, 5) is 0. The molecule has 100 valence electrons. The Morgan fingerprint density at radius 3 is 3.00 bits per heavy atom. The van der Waals surface area contributed by atoms with Crippen molar-refractivity contribution in [3.63, 3.8) is 0 Å². The monoisotopic (exact) mass is 251 g/mol. The van der Waals surface area contributed by atoms with Gasteiger partial charge in [-0.1, -0.05) is 18.9 Å². The standard InChI is InChI=1S/C15H22FNO/c1-18-15-9-7-12(11-14(15)16)6-8-13-5-3-2-4-10-17-13/h7,9,11,13,17H,2-6,8,10H2,1H3. The normalized spacial score (nSPS) is 20.4. The number of nitrogens with one attached hydrogen (secondary N) is 1. The summed E-state index contributed by atoms with van der Waals surface area (Å²) in [5.74, 6) is 0.0650. The van der Waals surface area contributed by atoms with Crippen molar-refractivity contribution >= 4 is 0 Å². The van der Waals surface area contributed by atoms with Crippen molar-refractivity contribution in [2.75, 3.05) is 13.7 Å². The van der Waals surface area contributed by atoms with Gasteiger partial charge in [-0.3, -0.25) is 0 Å². The molecular weight excluding hydrogens is 229 g/mol. The van der Waals surface area contributed by atoms with Crippen LogP contribution in [0.5, 0.6) is 5.75 Å². The van der Waals surface area contributed by atoms with Gasteiger partial charge in [-0.25, -0.2) is 4.39 Å². The summed E-state index contributed by atoms with van der Waals surface area (Å²) in [6, 6.07) is 5.86. The molecule has 0 amide bonds. The number of halogens is 1. The van der Waals surface area contributed by atoms with E-state index < -0.39 is 0 Å². The Bertz CT molecular complexity index is 373. The zero-order valence-electron chi connectivity index (χ0n) is 11.0. The van der Waals surface area contributed by atoms with Crippen LogP contribution in [0.1, 0.15) is 37.7 Å². The van der Waals surface area contributed by atoms with Crippen molar-refractivity contribution in [3.8, 4) is 5.75 Å². The zero-order valence-corrected chi connectivity index (χ0v) is 11.0. The molecule has 0 radical (unpaired) electrons. The van der Waals surface area contributed by atoms with Crippen molar-refractivity contribution in [2.45, 2.75) is 44.6 Å². The Morgan fingerprint density at radius 2 is 2.22 bits per heavy atom.